The highest BCUT2D eigenvalue weighted by molar-refractivity contribution is 9.10. The van der Waals surface area contributed by atoms with Gasteiger partial charge in [-0.2, -0.15) is 0 Å². The molecule has 5 nitrogen and oxygen atoms in total. The largest absolute Gasteiger partial charge is 0.409 e. The van der Waals surface area contributed by atoms with Crippen LogP contribution in [0.4, 0.5) is 0 Å². The van der Waals surface area contributed by atoms with Crippen molar-refractivity contribution in [3.05, 3.63) is 34.3 Å². The number of nitrogens with zero attached hydrogens (tertiary/aromatic N) is 1. The first-order chi connectivity index (χ1) is 9.55. The number of rotatable bonds is 4. The molecule has 0 unspecified atom stereocenters. The molecule has 20 heavy (non-hydrogen) atoms. The van der Waals surface area contributed by atoms with Gasteiger partial charge in [0.05, 0.1) is 6.42 Å². The maximum Gasteiger partial charge on any atom is 0.225 e. The molecule has 1 aliphatic carbocycles. The zero-order chi connectivity index (χ0) is 14.6. The summed E-state index contributed by atoms with van der Waals surface area (Å²) in [5.74, 6) is -0.0139. The summed E-state index contributed by atoms with van der Waals surface area (Å²) in [6.45, 7) is 0. The van der Waals surface area contributed by atoms with Crippen molar-refractivity contribution in [3.63, 3.8) is 0 Å². The average molecular weight is 340 g/mol. The van der Waals surface area contributed by atoms with E-state index in [1.165, 1.54) is 0 Å². The van der Waals surface area contributed by atoms with Gasteiger partial charge in [-0.25, -0.2) is 0 Å². The summed E-state index contributed by atoms with van der Waals surface area (Å²) < 4.78 is 0.977. The zero-order valence-electron chi connectivity index (χ0n) is 11.1. The molecule has 0 spiro atoms. The van der Waals surface area contributed by atoms with Crippen LogP contribution in [-0.2, 0) is 11.2 Å². The van der Waals surface area contributed by atoms with Gasteiger partial charge in [0.15, 0.2) is 5.84 Å². The number of nitrogens with one attached hydrogen (secondary N) is 1. The van der Waals surface area contributed by atoms with Crippen molar-refractivity contribution in [1.82, 2.24) is 5.32 Å². The summed E-state index contributed by atoms with van der Waals surface area (Å²) in [7, 11) is 0. The van der Waals surface area contributed by atoms with Crippen molar-refractivity contribution in [2.75, 3.05) is 0 Å². The molecule has 1 amide bonds. The van der Waals surface area contributed by atoms with Crippen LogP contribution in [0.15, 0.2) is 33.9 Å². The molecule has 0 saturated heterocycles. The Morgan fingerprint density at radius 2 is 1.95 bits per heavy atom. The first-order valence-electron chi connectivity index (χ1n) is 6.59. The van der Waals surface area contributed by atoms with Crippen molar-refractivity contribution in [3.8, 4) is 0 Å². The minimum Gasteiger partial charge on any atom is -0.409 e. The Labute approximate surface area is 126 Å². The second kappa shape index (κ2) is 6.26. The highest BCUT2D eigenvalue weighted by Gasteiger charge is 2.39. The summed E-state index contributed by atoms with van der Waals surface area (Å²) in [4.78, 5) is 12.2. The molecule has 108 valence electrons. The van der Waals surface area contributed by atoms with Gasteiger partial charge < -0.3 is 16.3 Å². The van der Waals surface area contributed by atoms with Gasteiger partial charge >= 0.3 is 0 Å². The monoisotopic (exact) mass is 339 g/mol. The predicted octanol–water partition coefficient (Wildman–Crippen LogP) is 2.17. The van der Waals surface area contributed by atoms with E-state index in [0.29, 0.717) is 0 Å². The van der Waals surface area contributed by atoms with E-state index in [1.807, 2.05) is 24.3 Å². The maximum absolute atomic E-state index is 12.2. The number of benzene rings is 1. The van der Waals surface area contributed by atoms with Crippen molar-refractivity contribution >= 4 is 27.7 Å². The van der Waals surface area contributed by atoms with Gasteiger partial charge in [-0.3, -0.25) is 4.79 Å². The third-order valence-corrected chi connectivity index (χ3v) is 4.24. The fourth-order valence-corrected chi connectivity index (χ4v) is 2.88. The van der Waals surface area contributed by atoms with Crippen LogP contribution in [0.2, 0.25) is 0 Å². The summed E-state index contributed by atoms with van der Waals surface area (Å²) in [5.41, 5.74) is 6.00. The lowest BCUT2D eigenvalue weighted by molar-refractivity contribution is -0.121. The molecule has 0 radical (unpaired) electrons. The fraction of sp³-hybridized carbons (Fsp3) is 0.429. The van der Waals surface area contributed by atoms with E-state index in [-0.39, 0.29) is 18.2 Å². The summed E-state index contributed by atoms with van der Waals surface area (Å²) in [6, 6.07) is 7.60. The van der Waals surface area contributed by atoms with Crippen LogP contribution in [0.1, 0.15) is 31.2 Å². The Morgan fingerprint density at radius 3 is 2.50 bits per heavy atom. The second-order valence-corrected chi connectivity index (χ2v) is 6.04. The Morgan fingerprint density at radius 1 is 1.35 bits per heavy atom. The molecule has 0 aliphatic heterocycles. The van der Waals surface area contributed by atoms with Gasteiger partial charge in [-0.05, 0) is 30.5 Å². The predicted molar refractivity (Wildman–Crippen MR) is 80.6 cm³/mol. The third kappa shape index (κ3) is 3.30. The number of amides is 1. The van der Waals surface area contributed by atoms with E-state index in [4.69, 9.17) is 10.9 Å². The number of nitrogens with two attached hydrogens (primary N) is 1. The van der Waals surface area contributed by atoms with E-state index in [1.54, 1.807) is 0 Å². The average Bonchev–Trinajstić information content (AvgIpc) is 2.90. The van der Waals surface area contributed by atoms with Crippen LogP contribution in [0.25, 0.3) is 0 Å². The molecule has 1 aliphatic rings. The number of carbonyl (C=O) groups excluding carboxylic acids is 1. The lowest BCUT2D eigenvalue weighted by Crippen LogP contribution is -2.56. The molecule has 4 N–H and O–H groups in total. The fourth-order valence-electron chi connectivity index (χ4n) is 2.62. The minimum absolute atomic E-state index is 0.0964. The quantitative estimate of drug-likeness (QED) is 0.340. The Kier molecular flexibility index (Phi) is 4.65. The number of hydrogen-bond donors (Lipinski definition) is 3. The smallest absolute Gasteiger partial charge is 0.225 e. The van der Waals surface area contributed by atoms with E-state index in [9.17, 15) is 4.79 Å². The minimum atomic E-state index is -0.679. The van der Waals surface area contributed by atoms with E-state index < -0.39 is 5.54 Å². The second-order valence-electron chi connectivity index (χ2n) is 5.13. The van der Waals surface area contributed by atoms with Gasteiger partial charge in [-0.1, -0.05) is 46.1 Å². The van der Waals surface area contributed by atoms with E-state index in [0.717, 1.165) is 35.7 Å². The molecule has 1 saturated carbocycles. The van der Waals surface area contributed by atoms with Gasteiger partial charge in [0.25, 0.3) is 0 Å². The van der Waals surface area contributed by atoms with Crippen molar-refractivity contribution in [2.45, 2.75) is 37.6 Å². The topological polar surface area (TPSA) is 87.7 Å². The highest BCUT2D eigenvalue weighted by Crippen LogP contribution is 2.30. The SMILES string of the molecule is N/C(=N/O)C1(NC(=O)Cc2ccc(Br)cc2)CCCC1. The first-order valence-corrected chi connectivity index (χ1v) is 7.38. The third-order valence-electron chi connectivity index (χ3n) is 3.71. The van der Waals surface area contributed by atoms with E-state index >= 15 is 0 Å². The van der Waals surface area contributed by atoms with Crippen LogP contribution < -0.4 is 11.1 Å². The first kappa shape index (κ1) is 14.8. The number of amidine groups is 1. The zero-order valence-corrected chi connectivity index (χ0v) is 12.7. The normalized spacial score (nSPS) is 17.9. The van der Waals surface area contributed by atoms with Gasteiger partial charge in [-0.15, -0.1) is 0 Å². The van der Waals surface area contributed by atoms with Crippen molar-refractivity contribution < 1.29 is 10.0 Å². The van der Waals surface area contributed by atoms with Gasteiger partial charge in [0, 0.05) is 4.47 Å². The van der Waals surface area contributed by atoms with Gasteiger partial charge in [0.1, 0.15) is 5.54 Å². The van der Waals surface area contributed by atoms with Crippen LogP contribution in [-0.4, -0.2) is 22.5 Å². The molecule has 0 bridgehead atoms. The van der Waals surface area contributed by atoms with Crippen molar-refractivity contribution in [1.29, 1.82) is 0 Å². The molecule has 0 heterocycles. The molecule has 1 aromatic rings. The molecule has 2 rings (SSSR count). The number of halogens is 1. The standard InChI is InChI=1S/C14H18BrN3O2/c15-11-5-3-10(4-6-11)9-12(19)17-14(13(16)18-20)7-1-2-8-14/h3-6,20H,1-2,7-9H2,(H2,16,18)(H,17,19). The molecule has 1 fully saturated rings. The van der Waals surface area contributed by atoms with E-state index in [2.05, 4.69) is 26.4 Å². The highest BCUT2D eigenvalue weighted by atomic mass is 79.9. The van der Waals surface area contributed by atoms with Gasteiger partial charge in [0.2, 0.25) is 5.91 Å². The molecular weight excluding hydrogens is 322 g/mol. The summed E-state index contributed by atoms with van der Waals surface area (Å²) in [6.07, 6.45) is 3.65. The molecule has 0 aromatic heterocycles. The molecule has 0 atom stereocenters. The number of carbonyl (C=O) groups is 1. The molecule has 1 aromatic carbocycles. The van der Waals surface area contributed by atoms with Crippen LogP contribution in [0.5, 0.6) is 0 Å². The number of oxime groups is 1. The Hall–Kier alpha value is -1.56. The lowest BCUT2D eigenvalue weighted by Gasteiger charge is -2.28. The van der Waals surface area contributed by atoms with Crippen LogP contribution in [0, 0.1) is 0 Å². The Balaban J connectivity index is 2.04. The van der Waals surface area contributed by atoms with Crippen LogP contribution >= 0.6 is 15.9 Å². The Bertz CT molecular complexity index is 508. The molecular formula is C14H18BrN3O2. The summed E-state index contributed by atoms with van der Waals surface area (Å²) >= 11 is 3.36. The maximum atomic E-state index is 12.2. The number of hydrogen-bond acceptors (Lipinski definition) is 3. The van der Waals surface area contributed by atoms with Crippen molar-refractivity contribution in [2.24, 2.45) is 10.9 Å². The lowest BCUT2D eigenvalue weighted by atomic mass is 9.95. The summed E-state index contributed by atoms with van der Waals surface area (Å²) in [5, 5.41) is 14.9. The van der Waals surface area contributed by atoms with Crippen LogP contribution in [0.3, 0.4) is 0 Å². The molecule has 6 heteroatoms.